The highest BCUT2D eigenvalue weighted by Gasteiger charge is 2.17. The Kier molecular flexibility index (Phi) is 6.59. The van der Waals surface area contributed by atoms with Crippen LogP contribution in [0.1, 0.15) is 10.5 Å². The topological polar surface area (TPSA) is 91.1 Å². The van der Waals surface area contributed by atoms with Crippen molar-refractivity contribution in [1.29, 1.82) is 0 Å². The number of nitrogens with one attached hydrogen (secondary N) is 4. The van der Waals surface area contributed by atoms with Crippen molar-refractivity contribution in [3.05, 3.63) is 121 Å². The van der Waals surface area contributed by atoms with Crippen molar-refractivity contribution in [3.8, 4) is 22.8 Å². The van der Waals surface area contributed by atoms with Gasteiger partial charge < -0.3 is 15.0 Å². The Bertz CT molecular complexity index is 1790. The third-order valence-electron chi connectivity index (χ3n) is 6.16. The molecule has 0 fully saturated rings. The van der Waals surface area contributed by atoms with Gasteiger partial charge in [0.1, 0.15) is 17.2 Å². The first kappa shape index (κ1) is 24.1. The molecule has 1 amide bonds. The van der Waals surface area contributed by atoms with E-state index in [9.17, 15) is 4.79 Å². The molecule has 6 aromatic rings. The highest BCUT2D eigenvalue weighted by Crippen LogP contribution is 2.32. The van der Waals surface area contributed by atoms with Crippen molar-refractivity contribution in [3.63, 3.8) is 0 Å². The van der Waals surface area contributed by atoms with Crippen LogP contribution in [0.3, 0.4) is 0 Å². The first-order valence-electron chi connectivity index (χ1n) is 12.3. The lowest BCUT2D eigenvalue weighted by atomic mass is 10.1. The van der Waals surface area contributed by atoms with Gasteiger partial charge in [-0.1, -0.05) is 66.7 Å². The van der Waals surface area contributed by atoms with Gasteiger partial charge in [0.05, 0.1) is 11.2 Å². The van der Waals surface area contributed by atoms with E-state index < -0.39 is 5.91 Å². The zero-order chi connectivity index (χ0) is 26.6. The molecule has 0 unspecified atom stereocenters. The number of aromatic nitrogens is 2. The van der Waals surface area contributed by atoms with Crippen molar-refractivity contribution >= 4 is 50.7 Å². The van der Waals surface area contributed by atoms with Crippen LogP contribution >= 0.6 is 12.2 Å². The van der Waals surface area contributed by atoms with Gasteiger partial charge in [-0.05, 0) is 60.7 Å². The maximum atomic E-state index is 13.2. The van der Waals surface area contributed by atoms with Crippen LogP contribution in [0.15, 0.2) is 115 Å². The third kappa shape index (κ3) is 5.27. The minimum absolute atomic E-state index is 0.233. The zero-order valence-electron chi connectivity index (χ0n) is 20.6. The van der Waals surface area contributed by atoms with Crippen LogP contribution in [0.25, 0.3) is 33.1 Å². The smallest absolute Gasteiger partial charge is 0.288 e. The maximum absolute atomic E-state index is 13.2. The molecule has 39 heavy (non-hydrogen) atoms. The van der Waals surface area contributed by atoms with E-state index in [0.29, 0.717) is 11.4 Å². The number of carbonyl (C=O) groups excluding carboxylic acids is 1. The Morgan fingerprint density at radius 3 is 2.18 bits per heavy atom. The van der Waals surface area contributed by atoms with Crippen LogP contribution < -0.4 is 20.9 Å². The number of para-hydroxylation sites is 2. The molecule has 8 heteroatoms. The molecule has 0 bridgehead atoms. The number of hydrogen-bond acceptors (Lipinski definition) is 4. The Hall–Kier alpha value is -5.21. The van der Waals surface area contributed by atoms with Gasteiger partial charge in [-0.15, -0.1) is 0 Å². The predicted octanol–water partition coefficient (Wildman–Crippen LogP) is 6.81. The molecule has 2 aromatic heterocycles. The van der Waals surface area contributed by atoms with Crippen LogP contribution in [0.5, 0.6) is 11.5 Å². The summed E-state index contributed by atoms with van der Waals surface area (Å²) in [6, 6.07) is 36.5. The first-order chi connectivity index (χ1) is 19.1. The minimum atomic E-state index is -0.407. The fourth-order valence-electron chi connectivity index (χ4n) is 4.34. The van der Waals surface area contributed by atoms with Gasteiger partial charge in [-0.3, -0.25) is 15.6 Å². The van der Waals surface area contributed by atoms with Crippen molar-refractivity contribution in [2.75, 3.05) is 5.32 Å². The molecular weight excluding hydrogens is 506 g/mol. The summed E-state index contributed by atoms with van der Waals surface area (Å²) in [6.45, 7) is 0. The quantitative estimate of drug-likeness (QED) is 0.145. The number of nitrogens with zero attached hydrogens (tertiary/aromatic N) is 1. The van der Waals surface area contributed by atoms with Crippen LogP contribution in [0.2, 0.25) is 0 Å². The van der Waals surface area contributed by atoms with Crippen LogP contribution in [0, 0.1) is 0 Å². The lowest BCUT2D eigenvalue weighted by Gasteiger charge is -2.13. The molecule has 4 aromatic carbocycles. The molecule has 0 radical (unpaired) electrons. The summed E-state index contributed by atoms with van der Waals surface area (Å²) >= 11 is 5.38. The van der Waals surface area contributed by atoms with E-state index in [2.05, 4.69) is 21.2 Å². The van der Waals surface area contributed by atoms with Crippen molar-refractivity contribution in [2.45, 2.75) is 0 Å². The molecular formula is C31H23N5O2S. The Morgan fingerprint density at radius 1 is 0.744 bits per heavy atom. The third-order valence-corrected chi connectivity index (χ3v) is 6.36. The molecule has 190 valence electrons. The van der Waals surface area contributed by atoms with Gasteiger partial charge in [0.25, 0.3) is 5.91 Å². The largest absolute Gasteiger partial charge is 0.457 e. The van der Waals surface area contributed by atoms with Gasteiger partial charge in [0.15, 0.2) is 5.11 Å². The Labute approximate surface area is 229 Å². The van der Waals surface area contributed by atoms with E-state index >= 15 is 0 Å². The molecule has 6 rings (SSSR count). The van der Waals surface area contributed by atoms with E-state index in [0.717, 1.165) is 38.8 Å². The van der Waals surface area contributed by atoms with E-state index in [1.54, 1.807) is 6.07 Å². The fraction of sp³-hybridized carbons (Fsp3) is 0. The average molecular weight is 530 g/mol. The number of H-pyrrole nitrogens is 1. The first-order valence-corrected chi connectivity index (χ1v) is 12.7. The summed E-state index contributed by atoms with van der Waals surface area (Å²) in [6.07, 6.45) is 0. The van der Waals surface area contributed by atoms with Crippen LogP contribution in [-0.4, -0.2) is 21.0 Å². The standard InChI is InChI=1S/C31H23N5O2S/c37-30(35-36-31(39)32-21-15-17-23(18-16-21)38-22-11-5-2-6-12-22)27-19-25-24-13-7-8-14-26(24)33-29(25)28(34-27)20-9-3-1-4-10-20/h1-19,33H,(H,35,37)(H2,32,36,39). The van der Waals surface area contributed by atoms with Crippen LogP contribution in [0.4, 0.5) is 5.69 Å². The summed E-state index contributed by atoms with van der Waals surface area (Å²) in [5.74, 6) is 1.05. The fourth-order valence-corrected chi connectivity index (χ4v) is 4.51. The number of ether oxygens (including phenoxy) is 1. The van der Waals surface area contributed by atoms with Gasteiger partial charge in [0.2, 0.25) is 0 Å². The van der Waals surface area contributed by atoms with Crippen LogP contribution in [-0.2, 0) is 0 Å². The van der Waals surface area contributed by atoms with E-state index in [-0.39, 0.29) is 10.8 Å². The molecule has 0 aliphatic heterocycles. The Morgan fingerprint density at radius 2 is 1.41 bits per heavy atom. The highest BCUT2D eigenvalue weighted by molar-refractivity contribution is 7.80. The zero-order valence-corrected chi connectivity index (χ0v) is 21.5. The summed E-state index contributed by atoms with van der Waals surface area (Å²) in [4.78, 5) is 21.3. The molecule has 0 saturated heterocycles. The van der Waals surface area contributed by atoms with Crippen molar-refractivity contribution in [1.82, 2.24) is 20.8 Å². The molecule has 0 saturated carbocycles. The summed E-state index contributed by atoms with van der Waals surface area (Å²) in [7, 11) is 0. The number of benzene rings is 4. The molecule has 2 heterocycles. The van der Waals surface area contributed by atoms with E-state index in [1.807, 2.05) is 109 Å². The van der Waals surface area contributed by atoms with Crippen molar-refractivity contribution < 1.29 is 9.53 Å². The number of pyridine rings is 1. The second-order valence-electron chi connectivity index (χ2n) is 8.79. The van der Waals surface area contributed by atoms with E-state index in [4.69, 9.17) is 21.9 Å². The lowest BCUT2D eigenvalue weighted by molar-refractivity contribution is 0.0939. The Balaban J connectivity index is 1.17. The second-order valence-corrected chi connectivity index (χ2v) is 9.20. The van der Waals surface area contributed by atoms with E-state index in [1.165, 1.54) is 0 Å². The van der Waals surface area contributed by atoms with Gasteiger partial charge in [0, 0.05) is 27.5 Å². The summed E-state index contributed by atoms with van der Waals surface area (Å²) in [5.41, 5.74) is 9.90. The SMILES string of the molecule is O=C(NNC(=S)Nc1ccc(Oc2ccccc2)cc1)c1cc2c([nH]c3ccccc32)c(-c2ccccc2)n1. The molecule has 7 nitrogen and oxygen atoms in total. The number of anilines is 1. The number of hydrogen-bond donors (Lipinski definition) is 4. The highest BCUT2D eigenvalue weighted by atomic mass is 32.1. The van der Waals surface area contributed by atoms with Gasteiger partial charge >= 0.3 is 0 Å². The molecule has 0 aliphatic rings. The summed E-state index contributed by atoms with van der Waals surface area (Å²) < 4.78 is 5.82. The lowest BCUT2D eigenvalue weighted by Crippen LogP contribution is -2.44. The molecule has 0 atom stereocenters. The molecule has 0 aliphatic carbocycles. The molecule has 0 spiro atoms. The maximum Gasteiger partial charge on any atom is 0.288 e. The number of hydrazine groups is 1. The van der Waals surface area contributed by atoms with Gasteiger partial charge in [-0.25, -0.2) is 4.98 Å². The number of fused-ring (bicyclic) bond motifs is 3. The normalized spacial score (nSPS) is 10.8. The summed E-state index contributed by atoms with van der Waals surface area (Å²) in [5, 5.41) is 5.22. The number of rotatable bonds is 5. The van der Waals surface area contributed by atoms with Crippen molar-refractivity contribution in [2.24, 2.45) is 0 Å². The monoisotopic (exact) mass is 529 g/mol. The predicted molar refractivity (Wildman–Crippen MR) is 159 cm³/mol. The number of amides is 1. The second kappa shape index (κ2) is 10.6. The minimum Gasteiger partial charge on any atom is -0.457 e. The van der Waals surface area contributed by atoms with Gasteiger partial charge in [-0.2, -0.15) is 0 Å². The average Bonchev–Trinajstić information content (AvgIpc) is 3.36. The molecule has 4 N–H and O–H groups in total. The number of thiocarbonyl (C=S) groups is 1. The number of aromatic amines is 1. The number of carbonyl (C=O) groups is 1.